The van der Waals surface area contributed by atoms with Gasteiger partial charge in [-0.05, 0) is 24.3 Å². The maximum Gasteiger partial charge on any atom is 0.328 e. The number of nitrogens with zero attached hydrogens (tertiary/aromatic N) is 3. The van der Waals surface area contributed by atoms with Gasteiger partial charge < -0.3 is 10.0 Å². The molecule has 1 N–H and O–H groups in total. The zero-order valence-corrected chi connectivity index (χ0v) is 13.0. The largest absolute Gasteiger partial charge is 0.478 e. The first-order valence-electron chi connectivity index (χ1n) is 7.16. The molecule has 112 valence electrons. The van der Waals surface area contributed by atoms with E-state index in [1.165, 1.54) is 12.5 Å². The highest BCUT2D eigenvalue weighted by atomic mass is 32.1. The molecule has 2 atom stereocenters. The van der Waals surface area contributed by atoms with Crippen LogP contribution in [0, 0.1) is 11.8 Å². The predicted molar refractivity (Wildman–Crippen MR) is 84.9 cm³/mol. The lowest BCUT2D eigenvalue weighted by molar-refractivity contribution is -0.131. The molecule has 0 aromatic carbocycles. The first-order valence-corrected chi connectivity index (χ1v) is 8.04. The van der Waals surface area contributed by atoms with E-state index in [9.17, 15) is 4.79 Å². The number of thiazole rings is 1. The van der Waals surface area contributed by atoms with Gasteiger partial charge in [0, 0.05) is 30.7 Å². The number of carbonyl (C=O) groups is 1. The fourth-order valence-electron chi connectivity index (χ4n) is 3.17. The highest BCUT2D eigenvalue weighted by molar-refractivity contribution is 7.15. The lowest BCUT2D eigenvalue weighted by atomic mass is 9.92. The molecule has 6 heteroatoms. The van der Waals surface area contributed by atoms with Crippen LogP contribution in [0.25, 0.3) is 11.0 Å². The van der Waals surface area contributed by atoms with E-state index in [1.807, 2.05) is 16.0 Å². The van der Waals surface area contributed by atoms with E-state index in [1.54, 1.807) is 17.4 Å². The molecular weight excluding hydrogens is 286 g/mol. The highest BCUT2D eigenvalue weighted by Crippen LogP contribution is 2.31. The molecule has 0 aliphatic carbocycles. The number of hydrogen-bond donors (Lipinski definition) is 1. The average molecular weight is 305 g/mol. The minimum Gasteiger partial charge on any atom is -0.478 e. The van der Waals surface area contributed by atoms with Gasteiger partial charge in [0.15, 0.2) is 10.8 Å². The average Bonchev–Trinajstić information content (AvgIpc) is 2.95. The standard InChI is InChI=1S/C15H19N3O2S/c1-10-7-11(2)9-17(8-10)14-12(3-4-13(19)20)18-5-6-21-15(18)16-14/h3-6,10-11H,7-9H2,1-2H3,(H,19,20). The Balaban J connectivity index is 2.02. The third-order valence-corrected chi connectivity index (χ3v) is 4.59. The van der Waals surface area contributed by atoms with E-state index in [-0.39, 0.29) is 0 Å². The number of imidazole rings is 1. The van der Waals surface area contributed by atoms with E-state index < -0.39 is 5.97 Å². The molecule has 1 fully saturated rings. The van der Waals surface area contributed by atoms with Crippen LogP contribution in [0.2, 0.25) is 0 Å². The number of piperidine rings is 1. The number of carboxylic acid groups (broad SMARTS) is 1. The van der Waals surface area contributed by atoms with Crippen molar-refractivity contribution in [2.24, 2.45) is 11.8 Å². The van der Waals surface area contributed by atoms with Crippen LogP contribution in [0.3, 0.4) is 0 Å². The molecule has 3 rings (SSSR count). The van der Waals surface area contributed by atoms with Crippen LogP contribution in [0.15, 0.2) is 17.7 Å². The zero-order valence-electron chi connectivity index (χ0n) is 12.2. The molecule has 0 saturated carbocycles. The van der Waals surface area contributed by atoms with Crippen molar-refractivity contribution in [3.63, 3.8) is 0 Å². The van der Waals surface area contributed by atoms with E-state index in [4.69, 9.17) is 10.1 Å². The summed E-state index contributed by atoms with van der Waals surface area (Å²) in [7, 11) is 0. The molecule has 0 bridgehead atoms. The summed E-state index contributed by atoms with van der Waals surface area (Å²) in [5.74, 6) is 1.22. The Hall–Kier alpha value is -1.82. The summed E-state index contributed by atoms with van der Waals surface area (Å²) in [5, 5.41) is 10.9. The predicted octanol–water partition coefficient (Wildman–Crippen LogP) is 2.98. The maximum absolute atomic E-state index is 10.8. The summed E-state index contributed by atoms with van der Waals surface area (Å²) in [6, 6.07) is 0. The van der Waals surface area contributed by atoms with Crippen molar-refractivity contribution in [3.8, 4) is 0 Å². The number of aliphatic carboxylic acids is 1. The van der Waals surface area contributed by atoms with E-state index >= 15 is 0 Å². The summed E-state index contributed by atoms with van der Waals surface area (Å²) in [6.45, 7) is 6.47. The monoisotopic (exact) mass is 305 g/mol. The first kappa shape index (κ1) is 14.1. The van der Waals surface area contributed by atoms with Gasteiger partial charge >= 0.3 is 5.97 Å². The lowest BCUT2D eigenvalue weighted by Gasteiger charge is -2.35. The number of carboxylic acids is 1. The Morgan fingerprint density at radius 1 is 1.43 bits per heavy atom. The first-order chi connectivity index (χ1) is 10.0. The van der Waals surface area contributed by atoms with Gasteiger partial charge in [-0.2, -0.15) is 0 Å². The molecule has 21 heavy (non-hydrogen) atoms. The van der Waals surface area contributed by atoms with Gasteiger partial charge in [0.1, 0.15) is 0 Å². The van der Waals surface area contributed by atoms with E-state index in [2.05, 4.69) is 18.7 Å². The Morgan fingerprint density at radius 3 is 2.81 bits per heavy atom. The molecule has 2 unspecified atom stereocenters. The summed E-state index contributed by atoms with van der Waals surface area (Å²) < 4.78 is 1.96. The lowest BCUT2D eigenvalue weighted by Crippen LogP contribution is -2.39. The van der Waals surface area contributed by atoms with E-state index in [0.717, 1.165) is 29.6 Å². The molecule has 2 aromatic heterocycles. The van der Waals surface area contributed by atoms with Gasteiger partial charge in [-0.15, -0.1) is 11.3 Å². The fraction of sp³-hybridized carbons (Fsp3) is 0.467. The summed E-state index contributed by atoms with van der Waals surface area (Å²) in [6.07, 6.45) is 6.00. The van der Waals surface area contributed by atoms with Crippen LogP contribution in [0.1, 0.15) is 26.0 Å². The third kappa shape index (κ3) is 2.81. The van der Waals surface area contributed by atoms with Gasteiger partial charge in [0.2, 0.25) is 0 Å². The smallest absolute Gasteiger partial charge is 0.328 e. The number of rotatable bonds is 3. The second kappa shape index (κ2) is 5.52. The molecule has 0 amide bonds. The molecule has 1 saturated heterocycles. The van der Waals surface area contributed by atoms with E-state index in [0.29, 0.717) is 11.8 Å². The van der Waals surface area contributed by atoms with Crippen molar-refractivity contribution in [2.45, 2.75) is 20.3 Å². The van der Waals surface area contributed by atoms with Gasteiger partial charge in [-0.1, -0.05) is 13.8 Å². The molecular formula is C15H19N3O2S. The zero-order chi connectivity index (χ0) is 15.0. The Morgan fingerprint density at radius 2 is 2.14 bits per heavy atom. The highest BCUT2D eigenvalue weighted by Gasteiger charge is 2.26. The number of hydrogen-bond acceptors (Lipinski definition) is 4. The minimum atomic E-state index is -0.938. The van der Waals surface area contributed by atoms with Gasteiger partial charge in [0.25, 0.3) is 0 Å². The molecule has 2 aromatic rings. The summed E-state index contributed by atoms with van der Waals surface area (Å²) >= 11 is 1.57. The Bertz CT molecular complexity index is 678. The second-order valence-electron chi connectivity index (χ2n) is 5.90. The topological polar surface area (TPSA) is 57.8 Å². The van der Waals surface area contributed by atoms with Crippen LogP contribution in [-0.2, 0) is 4.79 Å². The summed E-state index contributed by atoms with van der Waals surface area (Å²) in [4.78, 5) is 18.7. The van der Waals surface area contributed by atoms with Crippen LogP contribution in [-0.4, -0.2) is 33.6 Å². The van der Waals surface area contributed by atoms with Crippen molar-refractivity contribution in [1.29, 1.82) is 0 Å². The SMILES string of the molecule is CC1CC(C)CN(c2nc3sccn3c2C=CC(=O)O)C1. The quantitative estimate of drug-likeness (QED) is 0.886. The maximum atomic E-state index is 10.8. The van der Waals surface area contributed by atoms with Crippen molar-refractivity contribution in [2.75, 3.05) is 18.0 Å². The van der Waals surface area contributed by atoms with Crippen molar-refractivity contribution < 1.29 is 9.90 Å². The van der Waals surface area contributed by atoms with Crippen LogP contribution in [0.4, 0.5) is 5.82 Å². The van der Waals surface area contributed by atoms with Crippen LogP contribution < -0.4 is 4.90 Å². The molecule has 1 aliphatic rings. The molecule has 1 aliphatic heterocycles. The number of fused-ring (bicyclic) bond motifs is 1. The number of aromatic nitrogens is 2. The van der Waals surface area contributed by atoms with Crippen LogP contribution >= 0.6 is 11.3 Å². The van der Waals surface area contributed by atoms with Crippen molar-refractivity contribution >= 4 is 34.2 Å². The third-order valence-electron chi connectivity index (χ3n) is 3.83. The molecule has 0 spiro atoms. The minimum absolute atomic E-state index is 0.629. The Kier molecular flexibility index (Phi) is 3.71. The molecule has 5 nitrogen and oxygen atoms in total. The van der Waals surface area contributed by atoms with Crippen molar-refractivity contribution in [3.05, 3.63) is 23.3 Å². The fourth-order valence-corrected chi connectivity index (χ4v) is 3.88. The number of anilines is 1. The second-order valence-corrected chi connectivity index (χ2v) is 6.77. The normalized spacial score (nSPS) is 23.2. The molecule has 3 heterocycles. The Labute approximate surface area is 127 Å². The summed E-state index contributed by atoms with van der Waals surface area (Å²) in [5.41, 5.74) is 0.856. The van der Waals surface area contributed by atoms with Crippen molar-refractivity contribution in [1.82, 2.24) is 9.38 Å². The van der Waals surface area contributed by atoms with Gasteiger partial charge in [0.05, 0.1) is 5.69 Å². The van der Waals surface area contributed by atoms with Gasteiger partial charge in [-0.3, -0.25) is 4.40 Å². The van der Waals surface area contributed by atoms with Gasteiger partial charge in [-0.25, -0.2) is 9.78 Å². The molecule has 0 radical (unpaired) electrons. The van der Waals surface area contributed by atoms with Crippen LogP contribution in [0.5, 0.6) is 0 Å².